The first-order valence-corrected chi connectivity index (χ1v) is 6.47. The van der Waals surface area contributed by atoms with Gasteiger partial charge >= 0.3 is 6.18 Å². The van der Waals surface area contributed by atoms with E-state index in [9.17, 15) is 13.2 Å². The molecule has 2 rings (SSSR count). The monoisotopic (exact) mass is 289 g/mol. The minimum absolute atomic E-state index is 0.0209. The van der Waals surface area contributed by atoms with Crippen LogP contribution in [0.3, 0.4) is 0 Å². The molecular formula is C14H18F3NO2. The maximum atomic E-state index is 12.9. The van der Waals surface area contributed by atoms with Crippen molar-refractivity contribution in [3.63, 3.8) is 0 Å². The standard InChI is InChI=1S/C14H18F3NO2/c1-19-10-3-4-13(20-2)11(8-10)12-7-9(5-6-18-12)14(15,16)17/h3-4,8-9,12,18H,5-7H2,1-2H3. The molecule has 0 amide bonds. The van der Waals surface area contributed by atoms with Crippen LogP contribution in [0.15, 0.2) is 18.2 Å². The molecule has 1 aromatic carbocycles. The Balaban J connectivity index is 2.26. The summed E-state index contributed by atoms with van der Waals surface area (Å²) in [7, 11) is 3.04. The number of halogens is 3. The third kappa shape index (κ3) is 3.17. The summed E-state index contributed by atoms with van der Waals surface area (Å²) >= 11 is 0. The Morgan fingerprint density at radius 1 is 1.20 bits per heavy atom. The van der Waals surface area contributed by atoms with Crippen LogP contribution in [0.2, 0.25) is 0 Å². The highest BCUT2D eigenvalue weighted by molar-refractivity contribution is 5.42. The molecule has 1 aliphatic rings. The van der Waals surface area contributed by atoms with Crippen molar-refractivity contribution in [2.75, 3.05) is 20.8 Å². The molecule has 1 saturated heterocycles. The summed E-state index contributed by atoms with van der Waals surface area (Å²) in [4.78, 5) is 0. The Morgan fingerprint density at radius 3 is 2.55 bits per heavy atom. The highest BCUT2D eigenvalue weighted by Gasteiger charge is 2.42. The van der Waals surface area contributed by atoms with Crippen LogP contribution in [0.5, 0.6) is 11.5 Å². The van der Waals surface area contributed by atoms with E-state index < -0.39 is 12.1 Å². The predicted octanol–water partition coefficient (Wildman–Crippen LogP) is 3.31. The van der Waals surface area contributed by atoms with E-state index in [4.69, 9.17) is 9.47 Å². The first kappa shape index (κ1) is 15.0. The van der Waals surface area contributed by atoms with Crippen molar-refractivity contribution in [2.45, 2.75) is 25.1 Å². The van der Waals surface area contributed by atoms with Crippen molar-refractivity contribution in [1.29, 1.82) is 0 Å². The first-order valence-electron chi connectivity index (χ1n) is 6.47. The molecule has 0 radical (unpaired) electrons. The molecule has 1 fully saturated rings. The third-order valence-electron chi connectivity index (χ3n) is 3.68. The van der Waals surface area contributed by atoms with Crippen molar-refractivity contribution >= 4 is 0 Å². The Morgan fingerprint density at radius 2 is 1.95 bits per heavy atom. The highest BCUT2D eigenvalue weighted by Crippen LogP contribution is 2.41. The summed E-state index contributed by atoms with van der Waals surface area (Å²) in [5.41, 5.74) is 0.709. The molecule has 2 atom stereocenters. The summed E-state index contributed by atoms with van der Waals surface area (Å²) in [6, 6.07) is 4.80. The number of ether oxygens (including phenoxy) is 2. The van der Waals surface area contributed by atoms with Gasteiger partial charge in [-0.3, -0.25) is 0 Å². The molecule has 1 N–H and O–H groups in total. The van der Waals surface area contributed by atoms with Gasteiger partial charge in [-0.1, -0.05) is 0 Å². The van der Waals surface area contributed by atoms with Crippen LogP contribution in [0.25, 0.3) is 0 Å². The fourth-order valence-corrected chi connectivity index (χ4v) is 2.56. The van der Waals surface area contributed by atoms with E-state index in [2.05, 4.69) is 5.32 Å². The van der Waals surface area contributed by atoms with Gasteiger partial charge in [-0.15, -0.1) is 0 Å². The SMILES string of the molecule is COc1ccc(OC)c(C2CC(C(F)(F)F)CCN2)c1. The lowest BCUT2D eigenvalue weighted by Crippen LogP contribution is -2.38. The van der Waals surface area contributed by atoms with Gasteiger partial charge in [-0.2, -0.15) is 13.2 Å². The molecule has 0 bridgehead atoms. The molecule has 0 aliphatic carbocycles. The number of piperidine rings is 1. The maximum Gasteiger partial charge on any atom is 0.391 e. The molecule has 0 aromatic heterocycles. The van der Waals surface area contributed by atoms with Crippen LogP contribution in [-0.2, 0) is 0 Å². The van der Waals surface area contributed by atoms with E-state index in [1.54, 1.807) is 18.2 Å². The largest absolute Gasteiger partial charge is 0.497 e. The number of alkyl halides is 3. The van der Waals surface area contributed by atoms with Crippen molar-refractivity contribution < 1.29 is 22.6 Å². The van der Waals surface area contributed by atoms with Crippen LogP contribution < -0.4 is 14.8 Å². The third-order valence-corrected chi connectivity index (χ3v) is 3.68. The minimum atomic E-state index is -4.15. The molecule has 6 heteroatoms. The van der Waals surface area contributed by atoms with Gasteiger partial charge in [0.2, 0.25) is 0 Å². The van der Waals surface area contributed by atoms with E-state index in [-0.39, 0.29) is 18.9 Å². The molecule has 0 saturated carbocycles. The van der Waals surface area contributed by atoms with Gasteiger partial charge in [0, 0.05) is 11.6 Å². The second kappa shape index (κ2) is 5.91. The van der Waals surface area contributed by atoms with E-state index in [1.165, 1.54) is 14.2 Å². The molecule has 2 unspecified atom stereocenters. The summed E-state index contributed by atoms with van der Waals surface area (Å²) in [5, 5.41) is 3.13. The van der Waals surface area contributed by atoms with Gasteiger partial charge < -0.3 is 14.8 Å². The molecular weight excluding hydrogens is 271 g/mol. The van der Waals surface area contributed by atoms with Crippen LogP contribution >= 0.6 is 0 Å². The summed E-state index contributed by atoms with van der Waals surface area (Å²) in [5.74, 6) is -0.0903. The Bertz CT molecular complexity index is 462. The van der Waals surface area contributed by atoms with E-state index >= 15 is 0 Å². The lowest BCUT2D eigenvalue weighted by Gasteiger charge is -2.32. The zero-order valence-corrected chi connectivity index (χ0v) is 11.5. The lowest BCUT2D eigenvalue weighted by atomic mass is 9.88. The summed E-state index contributed by atoms with van der Waals surface area (Å²) < 4.78 is 49.0. The molecule has 20 heavy (non-hydrogen) atoms. The van der Waals surface area contributed by atoms with E-state index in [1.807, 2.05) is 0 Å². The van der Waals surface area contributed by atoms with Gasteiger partial charge in [0.15, 0.2) is 0 Å². The predicted molar refractivity (Wildman–Crippen MR) is 69.1 cm³/mol. The van der Waals surface area contributed by atoms with Gasteiger partial charge in [0.25, 0.3) is 0 Å². The number of methoxy groups -OCH3 is 2. The van der Waals surface area contributed by atoms with Crippen molar-refractivity contribution in [3.8, 4) is 11.5 Å². The lowest BCUT2D eigenvalue weighted by molar-refractivity contribution is -0.183. The number of rotatable bonds is 3. The molecule has 1 aliphatic heterocycles. The van der Waals surface area contributed by atoms with Crippen molar-refractivity contribution in [3.05, 3.63) is 23.8 Å². The number of nitrogens with one attached hydrogen (secondary N) is 1. The minimum Gasteiger partial charge on any atom is -0.497 e. The van der Waals surface area contributed by atoms with E-state index in [0.29, 0.717) is 23.6 Å². The topological polar surface area (TPSA) is 30.5 Å². The Labute approximate surface area is 116 Å². The second-order valence-corrected chi connectivity index (χ2v) is 4.88. The van der Waals surface area contributed by atoms with Crippen LogP contribution in [0.4, 0.5) is 13.2 Å². The van der Waals surface area contributed by atoms with Crippen LogP contribution in [-0.4, -0.2) is 26.9 Å². The maximum absolute atomic E-state index is 12.9. The number of benzene rings is 1. The Hall–Kier alpha value is -1.43. The average molecular weight is 289 g/mol. The highest BCUT2D eigenvalue weighted by atomic mass is 19.4. The molecule has 0 spiro atoms. The molecule has 1 aromatic rings. The van der Waals surface area contributed by atoms with Crippen molar-refractivity contribution in [1.82, 2.24) is 5.32 Å². The number of hydrogen-bond donors (Lipinski definition) is 1. The quantitative estimate of drug-likeness (QED) is 0.926. The Kier molecular flexibility index (Phi) is 4.42. The van der Waals surface area contributed by atoms with Gasteiger partial charge in [0.05, 0.1) is 20.1 Å². The van der Waals surface area contributed by atoms with Crippen molar-refractivity contribution in [2.24, 2.45) is 5.92 Å². The summed E-state index contributed by atoms with van der Waals surface area (Å²) in [6.45, 7) is 0.342. The van der Waals surface area contributed by atoms with Crippen LogP contribution in [0, 0.1) is 5.92 Å². The van der Waals surface area contributed by atoms with Gasteiger partial charge in [-0.25, -0.2) is 0 Å². The summed E-state index contributed by atoms with van der Waals surface area (Å²) in [6.07, 6.45) is -4.01. The molecule has 1 heterocycles. The van der Waals surface area contributed by atoms with E-state index in [0.717, 1.165) is 0 Å². The first-order chi connectivity index (χ1) is 9.45. The number of hydrogen-bond acceptors (Lipinski definition) is 3. The second-order valence-electron chi connectivity index (χ2n) is 4.88. The average Bonchev–Trinajstić information content (AvgIpc) is 2.45. The zero-order chi connectivity index (χ0) is 14.8. The molecule has 112 valence electrons. The van der Waals surface area contributed by atoms with Gasteiger partial charge in [-0.05, 0) is 37.6 Å². The van der Waals surface area contributed by atoms with Gasteiger partial charge in [0.1, 0.15) is 11.5 Å². The fraction of sp³-hybridized carbons (Fsp3) is 0.571. The normalized spacial score (nSPS) is 23.4. The van der Waals surface area contributed by atoms with Crippen LogP contribution in [0.1, 0.15) is 24.4 Å². The fourth-order valence-electron chi connectivity index (χ4n) is 2.56. The smallest absolute Gasteiger partial charge is 0.391 e. The zero-order valence-electron chi connectivity index (χ0n) is 11.5. The molecule has 3 nitrogen and oxygen atoms in total.